The van der Waals surface area contributed by atoms with Crippen molar-refractivity contribution in [3.8, 4) is 5.75 Å². The lowest BCUT2D eigenvalue weighted by molar-refractivity contribution is 0.0245. The standard InChI is InChI=1S/C13H13N3O3/c14-16-15-7-12(18)13(19)9-2-1-8-3-4-11(17)6-10(8)5-9/h1-6,12-13,17-19H,7H2. The maximum atomic E-state index is 9.95. The number of fused-ring (bicyclic) bond motifs is 1. The SMILES string of the molecule is [N-]=[N+]=NCC(O)C(O)c1ccc2ccc(O)cc2c1. The Bertz CT molecular complexity index is 638. The summed E-state index contributed by atoms with van der Waals surface area (Å²) in [6, 6.07) is 10.1. The van der Waals surface area contributed by atoms with Gasteiger partial charge in [-0.25, -0.2) is 0 Å². The molecule has 0 saturated heterocycles. The minimum atomic E-state index is -1.16. The Morgan fingerprint density at radius 1 is 1.11 bits per heavy atom. The van der Waals surface area contributed by atoms with E-state index < -0.39 is 12.2 Å². The van der Waals surface area contributed by atoms with Crippen molar-refractivity contribution in [3.63, 3.8) is 0 Å². The van der Waals surface area contributed by atoms with Crippen molar-refractivity contribution in [2.24, 2.45) is 5.11 Å². The molecule has 0 radical (unpaired) electrons. The Morgan fingerprint density at radius 2 is 1.84 bits per heavy atom. The molecule has 0 bridgehead atoms. The molecule has 0 saturated carbocycles. The zero-order valence-electron chi connectivity index (χ0n) is 10.0. The van der Waals surface area contributed by atoms with Crippen molar-refractivity contribution in [1.29, 1.82) is 0 Å². The molecule has 6 nitrogen and oxygen atoms in total. The van der Waals surface area contributed by atoms with Gasteiger partial charge in [0.05, 0.1) is 12.6 Å². The number of aliphatic hydroxyl groups is 2. The summed E-state index contributed by atoms with van der Waals surface area (Å²) >= 11 is 0. The number of azide groups is 1. The smallest absolute Gasteiger partial charge is 0.116 e. The van der Waals surface area contributed by atoms with Gasteiger partial charge in [0.15, 0.2) is 0 Å². The monoisotopic (exact) mass is 259 g/mol. The first-order valence-corrected chi connectivity index (χ1v) is 5.71. The molecule has 0 amide bonds. The lowest BCUT2D eigenvalue weighted by atomic mass is 10.0. The van der Waals surface area contributed by atoms with Gasteiger partial charge in [0, 0.05) is 4.91 Å². The van der Waals surface area contributed by atoms with Crippen LogP contribution in [0.25, 0.3) is 21.2 Å². The first-order chi connectivity index (χ1) is 9.11. The van der Waals surface area contributed by atoms with Crippen LogP contribution >= 0.6 is 0 Å². The molecule has 0 aliphatic rings. The van der Waals surface area contributed by atoms with Crippen molar-refractivity contribution in [2.45, 2.75) is 12.2 Å². The Balaban J connectivity index is 2.31. The largest absolute Gasteiger partial charge is 0.508 e. The highest BCUT2D eigenvalue weighted by Gasteiger charge is 2.17. The lowest BCUT2D eigenvalue weighted by Crippen LogP contribution is -2.21. The van der Waals surface area contributed by atoms with Gasteiger partial charge in [-0.15, -0.1) is 0 Å². The molecule has 2 atom stereocenters. The number of hydrogen-bond donors (Lipinski definition) is 3. The van der Waals surface area contributed by atoms with Gasteiger partial charge in [-0.1, -0.05) is 23.3 Å². The van der Waals surface area contributed by atoms with Gasteiger partial charge in [0.2, 0.25) is 0 Å². The molecule has 0 aromatic heterocycles. The minimum Gasteiger partial charge on any atom is -0.508 e. The number of nitrogens with zero attached hydrogens (tertiary/aromatic N) is 3. The van der Waals surface area contributed by atoms with Crippen LogP contribution in [0.3, 0.4) is 0 Å². The highest BCUT2D eigenvalue weighted by molar-refractivity contribution is 5.84. The zero-order valence-corrected chi connectivity index (χ0v) is 10.0. The maximum Gasteiger partial charge on any atom is 0.116 e. The van der Waals surface area contributed by atoms with Gasteiger partial charge in [0.25, 0.3) is 0 Å². The van der Waals surface area contributed by atoms with Crippen molar-refractivity contribution in [2.75, 3.05) is 6.54 Å². The minimum absolute atomic E-state index is 0.133. The molecular weight excluding hydrogens is 246 g/mol. The van der Waals surface area contributed by atoms with Gasteiger partial charge in [-0.05, 0) is 40.1 Å². The summed E-state index contributed by atoms with van der Waals surface area (Å²) in [6.45, 7) is -0.199. The predicted octanol–water partition coefficient (Wildman–Crippen LogP) is 2.25. The number of phenols is 1. The molecule has 2 aromatic rings. The van der Waals surface area contributed by atoms with Crippen LogP contribution in [0, 0.1) is 0 Å². The average molecular weight is 259 g/mol. The number of aliphatic hydroxyl groups excluding tert-OH is 2. The summed E-state index contributed by atoms with van der Waals surface area (Å²) in [7, 11) is 0. The van der Waals surface area contributed by atoms with E-state index in [1.165, 1.54) is 0 Å². The summed E-state index contributed by atoms with van der Waals surface area (Å²) < 4.78 is 0. The highest BCUT2D eigenvalue weighted by Crippen LogP contribution is 2.25. The summed E-state index contributed by atoms with van der Waals surface area (Å²) in [5.41, 5.74) is 8.68. The molecule has 19 heavy (non-hydrogen) atoms. The molecule has 0 fully saturated rings. The molecule has 6 heteroatoms. The highest BCUT2D eigenvalue weighted by atomic mass is 16.3. The van der Waals surface area contributed by atoms with Crippen LogP contribution in [-0.4, -0.2) is 28.0 Å². The van der Waals surface area contributed by atoms with Crippen molar-refractivity contribution < 1.29 is 15.3 Å². The molecule has 2 rings (SSSR count). The fourth-order valence-electron chi connectivity index (χ4n) is 1.88. The second-order valence-corrected chi connectivity index (χ2v) is 4.22. The fraction of sp³-hybridized carbons (Fsp3) is 0.231. The van der Waals surface area contributed by atoms with E-state index in [0.29, 0.717) is 5.56 Å². The van der Waals surface area contributed by atoms with Crippen molar-refractivity contribution in [3.05, 3.63) is 52.4 Å². The van der Waals surface area contributed by atoms with Gasteiger partial charge in [-0.3, -0.25) is 0 Å². The Morgan fingerprint density at radius 3 is 2.58 bits per heavy atom. The summed E-state index contributed by atoms with van der Waals surface area (Å²) in [5, 5.41) is 33.9. The summed E-state index contributed by atoms with van der Waals surface area (Å²) in [5.74, 6) is 0.133. The summed E-state index contributed by atoms with van der Waals surface area (Å²) in [4.78, 5) is 2.53. The maximum absolute atomic E-state index is 9.95. The van der Waals surface area contributed by atoms with E-state index in [9.17, 15) is 15.3 Å². The van der Waals surface area contributed by atoms with Crippen molar-refractivity contribution >= 4 is 10.8 Å². The third-order valence-corrected chi connectivity index (χ3v) is 2.89. The van der Waals surface area contributed by atoms with Crippen LogP contribution in [-0.2, 0) is 0 Å². The zero-order chi connectivity index (χ0) is 13.8. The third-order valence-electron chi connectivity index (χ3n) is 2.89. The molecule has 0 spiro atoms. The van der Waals surface area contributed by atoms with E-state index in [0.717, 1.165) is 10.8 Å². The molecule has 0 heterocycles. The van der Waals surface area contributed by atoms with E-state index in [-0.39, 0.29) is 12.3 Å². The van der Waals surface area contributed by atoms with Gasteiger partial charge >= 0.3 is 0 Å². The van der Waals surface area contributed by atoms with Gasteiger partial charge < -0.3 is 15.3 Å². The first kappa shape index (κ1) is 13.2. The summed E-state index contributed by atoms with van der Waals surface area (Å²) in [6.07, 6.45) is -2.30. The number of hydrogen-bond acceptors (Lipinski definition) is 4. The Kier molecular flexibility index (Phi) is 3.87. The molecule has 2 unspecified atom stereocenters. The number of aromatic hydroxyl groups is 1. The predicted molar refractivity (Wildman–Crippen MR) is 70.6 cm³/mol. The first-order valence-electron chi connectivity index (χ1n) is 5.71. The second-order valence-electron chi connectivity index (χ2n) is 4.22. The van der Waals surface area contributed by atoms with E-state index in [1.54, 1.807) is 36.4 Å². The second kappa shape index (κ2) is 5.58. The van der Waals surface area contributed by atoms with Crippen LogP contribution in [0.5, 0.6) is 5.75 Å². The van der Waals surface area contributed by atoms with Gasteiger partial charge in [0.1, 0.15) is 11.9 Å². The van der Waals surface area contributed by atoms with Crippen LogP contribution < -0.4 is 0 Å². The van der Waals surface area contributed by atoms with Crippen molar-refractivity contribution in [1.82, 2.24) is 0 Å². The molecule has 98 valence electrons. The fourth-order valence-corrected chi connectivity index (χ4v) is 1.88. The van der Waals surface area contributed by atoms with E-state index in [4.69, 9.17) is 5.53 Å². The van der Waals surface area contributed by atoms with Crippen LogP contribution in [0.15, 0.2) is 41.5 Å². The third kappa shape index (κ3) is 2.95. The lowest BCUT2D eigenvalue weighted by Gasteiger charge is -2.16. The normalized spacial score (nSPS) is 13.8. The van der Waals surface area contributed by atoms with E-state index in [1.807, 2.05) is 0 Å². The van der Waals surface area contributed by atoms with Gasteiger partial charge in [-0.2, -0.15) is 0 Å². The average Bonchev–Trinajstić information content (AvgIpc) is 2.43. The van der Waals surface area contributed by atoms with Crippen LogP contribution in [0.4, 0.5) is 0 Å². The molecular formula is C13H13N3O3. The van der Waals surface area contributed by atoms with Crippen LogP contribution in [0.2, 0.25) is 0 Å². The molecule has 2 aromatic carbocycles. The number of phenolic OH excluding ortho intramolecular Hbond substituents is 1. The Labute approximate surface area is 109 Å². The number of rotatable bonds is 4. The van der Waals surface area contributed by atoms with E-state index in [2.05, 4.69) is 10.0 Å². The molecule has 0 aliphatic carbocycles. The number of benzene rings is 2. The Hall–Kier alpha value is -2.27. The molecule has 3 N–H and O–H groups in total. The topological polar surface area (TPSA) is 109 Å². The van der Waals surface area contributed by atoms with E-state index >= 15 is 0 Å². The quantitative estimate of drug-likeness (QED) is 0.445. The van der Waals surface area contributed by atoms with Crippen LogP contribution in [0.1, 0.15) is 11.7 Å². The molecule has 0 aliphatic heterocycles.